The molecule has 0 bridgehead atoms. The molecule has 0 aliphatic heterocycles. The van der Waals surface area contributed by atoms with Crippen LogP contribution in [0.4, 0.5) is 0 Å². The Labute approximate surface area is 145 Å². The summed E-state index contributed by atoms with van der Waals surface area (Å²) in [7, 11) is 0. The van der Waals surface area contributed by atoms with Gasteiger partial charge in [0.1, 0.15) is 0 Å². The molecule has 24 heavy (non-hydrogen) atoms. The number of rotatable bonds is 7. The first-order chi connectivity index (χ1) is 11.2. The van der Waals surface area contributed by atoms with Crippen molar-refractivity contribution in [2.45, 2.75) is 47.0 Å². The van der Waals surface area contributed by atoms with Gasteiger partial charge in [-0.05, 0) is 55.2 Å². The Morgan fingerprint density at radius 3 is 2.08 bits per heavy atom. The van der Waals surface area contributed by atoms with Crippen LogP contribution in [0.15, 0.2) is 54.6 Å². The molecule has 0 atom stereocenters. The zero-order chi connectivity index (χ0) is 17.8. The van der Waals surface area contributed by atoms with Crippen molar-refractivity contribution in [3.05, 3.63) is 71.3 Å². The van der Waals surface area contributed by atoms with Crippen LogP contribution in [-0.4, -0.2) is 11.1 Å². The lowest BCUT2D eigenvalue weighted by atomic mass is 9.72. The van der Waals surface area contributed by atoms with Crippen molar-refractivity contribution in [2.24, 2.45) is 10.8 Å². The zero-order valence-corrected chi connectivity index (χ0v) is 15.2. The molecule has 0 saturated heterocycles. The molecule has 2 aromatic carbocycles. The number of aliphatic carboxylic acids is 1. The molecule has 0 amide bonds. The first-order valence-corrected chi connectivity index (χ1v) is 8.53. The van der Waals surface area contributed by atoms with Gasteiger partial charge in [0.2, 0.25) is 0 Å². The van der Waals surface area contributed by atoms with E-state index in [1.807, 2.05) is 19.9 Å². The van der Waals surface area contributed by atoms with E-state index < -0.39 is 11.4 Å². The largest absolute Gasteiger partial charge is 0.481 e. The van der Waals surface area contributed by atoms with Gasteiger partial charge in [0, 0.05) is 0 Å². The van der Waals surface area contributed by atoms with Gasteiger partial charge in [-0.25, -0.2) is 0 Å². The molecule has 0 unspecified atom stereocenters. The van der Waals surface area contributed by atoms with Gasteiger partial charge in [-0.2, -0.15) is 0 Å². The van der Waals surface area contributed by atoms with E-state index in [1.165, 1.54) is 16.7 Å². The molecule has 0 fully saturated rings. The Bertz CT molecular complexity index is 684. The average molecular weight is 324 g/mol. The topological polar surface area (TPSA) is 37.3 Å². The van der Waals surface area contributed by atoms with Crippen molar-refractivity contribution < 1.29 is 9.90 Å². The summed E-state index contributed by atoms with van der Waals surface area (Å²) < 4.78 is 0. The minimum absolute atomic E-state index is 0.0622. The first kappa shape index (κ1) is 18.3. The minimum atomic E-state index is -0.728. The van der Waals surface area contributed by atoms with E-state index in [9.17, 15) is 9.90 Å². The third-order valence-corrected chi connectivity index (χ3v) is 4.42. The summed E-state index contributed by atoms with van der Waals surface area (Å²) in [6, 6.07) is 19.1. The SMILES string of the molecule is CC(C)(Cc1cccc(Cc2ccccc2)c1)CC(C)(C)C(=O)O. The maximum atomic E-state index is 11.4. The number of carboxylic acids is 1. The fourth-order valence-corrected chi connectivity index (χ4v) is 3.57. The van der Waals surface area contributed by atoms with Crippen LogP contribution in [0.5, 0.6) is 0 Å². The molecule has 0 saturated carbocycles. The van der Waals surface area contributed by atoms with Crippen LogP contribution >= 0.6 is 0 Å². The Morgan fingerprint density at radius 2 is 1.46 bits per heavy atom. The van der Waals surface area contributed by atoms with E-state index in [0.717, 1.165) is 12.8 Å². The molecule has 0 spiro atoms. The van der Waals surface area contributed by atoms with Gasteiger partial charge in [0.15, 0.2) is 0 Å². The quantitative estimate of drug-likeness (QED) is 0.745. The van der Waals surface area contributed by atoms with E-state index in [4.69, 9.17) is 0 Å². The maximum absolute atomic E-state index is 11.4. The molecule has 0 radical (unpaired) electrons. The summed E-state index contributed by atoms with van der Waals surface area (Å²) in [5.74, 6) is -0.728. The number of benzene rings is 2. The fourth-order valence-electron chi connectivity index (χ4n) is 3.57. The third-order valence-electron chi connectivity index (χ3n) is 4.42. The Morgan fingerprint density at radius 1 is 0.875 bits per heavy atom. The second kappa shape index (κ2) is 7.21. The highest BCUT2D eigenvalue weighted by Crippen LogP contribution is 2.36. The van der Waals surface area contributed by atoms with E-state index in [2.05, 4.69) is 62.4 Å². The summed E-state index contributed by atoms with van der Waals surface area (Å²) in [4.78, 5) is 11.4. The fraction of sp³-hybridized carbons (Fsp3) is 0.409. The summed E-state index contributed by atoms with van der Waals surface area (Å²) in [5, 5.41) is 9.38. The van der Waals surface area contributed by atoms with Crippen molar-refractivity contribution in [3.63, 3.8) is 0 Å². The molecule has 0 heterocycles. The van der Waals surface area contributed by atoms with E-state index in [0.29, 0.717) is 6.42 Å². The molecule has 2 rings (SSSR count). The molecular formula is C22H28O2. The molecule has 0 aliphatic rings. The van der Waals surface area contributed by atoms with Crippen molar-refractivity contribution in [1.82, 2.24) is 0 Å². The molecule has 2 aromatic rings. The van der Waals surface area contributed by atoms with Crippen LogP contribution < -0.4 is 0 Å². The van der Waals surface area contributed by atoms with Crippen LogP contribution in [0.3, 0.4) is 0 Å². The Balaban J connectivity index is 2.09. The molecule has 1 N–H and O–H groups in total. The third kappa shape index (κ3) is 5.23. The van der Waals surface area contributed by atoms with Gasteiger partial charge >= 0.3 is 5.97 Å². The van der Waals surface area contributed by atoms with Crippen LogP contribution in [0, 0.1) is 10.8 Å². The lowest BCUT2D eigenvalue weighted by molar-refractivity contribution is -0.148. The predicted molar refractivity (Wildman–Crippen MR) is 99.2 cm³/mol. The van der Waals surface area contributed by atoms with E-state index in [1.54, 1.807) is 0 Å². The number of carbonyl (C=O) groups is 1. The molecule has 0 aliphatic carbocycles. The average Bonchev–Trinajstić information content (AvgIpc) is 2.46. The minimum Gasteiger partial charge on any atom is -0.481 e. The maximum Gasteiger partial charge on any atom is 0.309 e. The highest BCUT2D eigenvalue weighted by Gasteiger charge is 2.34. The smallest absolute Gasteiger partial charge is 0.309 e. The molecule has 0 aromatic heterocycles. The van der Waals surface area contributed by atoms with Crippen LogP contribution in [0.1, 0.15) is 50.8 Å². The van der Waals surface area contributed by atoms with E-state index >= 15 is 0 Å². The first-order valence-electron chi connectivity index (χ1n) is 8.53. The Kier molecular flexibility index (Phi) is 5.48. The van der Waals surface area contributed by atoms with Gasteiger partial charge < -0.3 is 5.11 Å². The summed E-state index contributed by atoms with van der Waals surface area (Å²) >= 11 is 0. The van der Waals surface area contributed by atoms with Gasteiger partial charge in [-0.3, -0.25) is 4.79 Å². The van der Waals surface area contributed by atoms with Crippen LogP contribution in [0.25, 0.3) is 0 Å². The number of hydrogen-bond acceptors (Lipinski definition) is 1. The molecule has 128 valence electrons. The van der Waals surface area contributed by atoms with Crippen molar-refractivity contribution in [3.8, 4) is 0 Å². The lowest BCUT2D eigenvalue weighted by Crippen LogP contribution is -2.31. The van der Waals surface area contributed by atoms with Crippen molar-refractivity contribution in [2.75, 3.05) is 0 Å². The summed E-state index contributed by atoms with van der Waals surface area (Å²) in [5.41, 5.74) is 3.11. The molecule has 2 nitrogen and oxygen atoms in total. The van der Waals surface area contributed by atoms with E-state index in [-0.39, 0.29) is 5.41 Å². The molecule has 2 heteroatoms. The highest BCUT2D eigenvalue weighted by molar-refractivity contribution is 5.73. The van der Waals surface area contributed by atoms with Gasteiger partial charge in [0.05, 0.1) is 5.41 Å². The van der Waals surface area contributed by atoms with Crippen LogP contribution in [0.2, 0.25) is 0 Å². The lowest BCUT2D eigenvalue weighted by Gasteiger charge is -2.32. The normalized spacial score (nSPS) is 12.2. The zero-order valence-electron chi connectivity index (χ0n) is 15.2. The van der Waals surface area contributed by atoms with Crippen LogP contribution in [-0.2, 0) is 17.6 Å². The summed E-state index contributed by atoms with van der Waals surface area (Å²) in [6.45, 7) is 7.93. The van der Waals surface area contributed by atoms with Gasteiger partial charge in [-0.1, -0.05) is 68.4 Å². The number of carboxylic acid groups (broad SMARTS) is 1. The van der Waals surface area contributed by atoms with Crippen molar-refractivity contribution in [1.29, 1.82) is 0 Å². The monoisotopic (exact) mass is 324 g/mol. The van der Waals surface area contributed by atoms with Crippen molar-refractivity contribution >= 4 is 5.97 Å². The second-order valence-corrected chi connectivity index (χ2v) is 8.19. The molecular weight excluding hydrogens is 296 g/mol. The highest BCUT2D eigenvalue weighted by atomic mass is 16.4. The summed E-state index contributed by atoms with van der Waals surface area (Å²) in [6.07, 6.45) is 2.46. The second-order valence-electron chi connectivity index (χ2n) is 8.19. The Hall–Kier alpha value is -2.09. The predicted octanol–water partition coefficient (Wildman–Crippen LogP) is 5.35. The standard InChI is InChI=1S/C22H28O2/c1-21(2,16-22(3,4)20(23)24)15-19-12-8-11-18(14-19)13-17-9-6-5-7-10-17/h5-12,14H,13,15-16H2,1-4H3,(H,23,24). The van der Waals surface area contributed by atoms with Gasteiger partial charge in [0.25, 0.3) is 0 Å². The van der Waals surface area contributed by atoms with Gasteiger partial charge in [-0.15, -0.1) is 0 Å². The number of hydrogen-bond donors (Lipinski definition) is 1.